The average Bonchev–Trinajstić information content (AvgIpc) is 3.20. The van der Waals surface area contributed by atoms with E-state index < -0.39 is 0 Å². The van der Waals surface area contributed by atoms with Gasteiger partial charge >= 0.3 is 0 Å². The first-order valence-electron chi connectivity index (χ1n) is 8.87. The van der Waals surface area contributed by atoms with Crippen LogP contribution < -0.4 is 15.4 Å². The van der Waals surface area contributed by atoms with Crippen LogP contribution in [-0.2, 0) is 13.0 Å². The molecule has 2 aromatic carbocycles. The van der Waals surface area contributed by atoms with Crippen molar-refractivity contribution in [3.63, 3.8) is 0 Å². The van der Waals surface area contributed by atoms with Gasteiger partial charge in [-0.1, -0.05) is 53.7 Å². The van der Waals surface area contributed by atoms with Crippen LogP contribution >= 0.6 is 24.0 Å². The Kier molecular flexibility index (Phi) is 8.80. The van der Waals surface area contributed by atoms with E-state index in [0.29, 0.717) is 12.5 Å². The van der Waals surface area contributed by atoms with Crippen molar-refractivity contribution in [2.75, 3.05) is 20.7 Å². The van der Waals surface area contributed by atoms with E-state index in [-0.39, 0.29) is 24.0 Å². The second kappa shape index (κ2) is 11.3. The van der Waals surface area contributed by atoms with Crippen molar-refractivity contribution in [2.45, 2.75) is 13.0 Å². The van der Waals surface area contributed by atoms with E-state index in [1.54, 1.807) is 14.2 Å². The normalized spacial score (nSPS) is 10.9. The molecule has 0 spiro atoms. The Hall–Kier alpha value is -2.55. The molecule has 0 amide bonds. The maximum atomic E-state index is 5.42. The summed E-state index contributed by atoms with van der Waals surface area (Å²) in [6.45, 7) is 1.28. The fraction of sp³-hybridized carbons (Fsp3) is 0.238. The Balaban J connectivity index is 0.00000280. The van der Waals surface area contributed by atoms with Gasteiger partial charge in [0.15, 0.2) is 11.7 Å². The van der Waals surface area contributed by atoms with Crippen LogP contribution in [0.5, 0.6) is 5.75 Å². The van der Waals surface area contributed by atoms with E-state index >= 15 is 0 Å². The molecule has 0 saturated carbocycles. The average molecular weight is 492 g/mol. The summed E-state index contributed by atoms with van der Waals surface area (Å²) < 4.78 is 10.8. The van der Waals surface area contributed by atoms with E-state index in [1.807, 2.05) is 54.6 Å². The molecule has 0 aliphatic carbocycles. The number of guanidine groups is 1. The summed E-state index contributed by atoms with van der Waals surface area (Å²) >= 11 is 0. The van der Waals surface area contributed by atoms with Gasteiger partial charge in [-0.25, -0.2) is 0 Å². The highest BCUT2D eigenvalue weighted by atomic mass is 127. The van der Waals surface area contributed by atoms with Gasteiger partial charge in [0, 0.05) is 25.2 Å². The van der Waals surface area contributed by atoms with Gasteiger partial charge in [-0.3, -0.25) is 4.99 Å². The van der Waals surface area contributed by atoms with Gasteiger partial charge in [-0.2, -0.15) is 0 Å². The number of ether oxygens (including phenoxy) is 1. The second-order valence-corrected chi connectivity index (χ2v) is 5.96. The Morgan fingerprint density at radius 2 is 1.82 bits per heavy atom. The van der Waals surface area contributed by atoms with E-state index in [2.05, 4.69) is 26.8 Å². The molecular weight excluding hydrogens is 467 g/mol. The minimum atomic E-state index is 0. The summed E-state index contributed by atoms with van der Waals surface area (Å²) in [4.78, 5) is 4.25. The van der Waals surface area contributed by atoms with Crippen LogP contribution in [0.4, 0.5) is 0 Å². The predicted molar refractivity (Wildman–Crippen MR) is 122 cm³/mol. The van der Waals surface area contributed by atoms with Crippen molar-refractivity contribution >= 4 is 29.9 Å². The molecule has 148 valence electrons. The molecule has 0 fully saturated rings. The Morgan fingerprint density at radius 1 is 1.07 bits per heavy atom. The number of hydrogen-bond acceptors (Lipinski definition) is 4. The molecule has 0 saturated heterocycles. The highest BCUT2D eigenvalue weighted by Gasteiger charge is 2.07. The summed E-state index contributed by atoms with van der Waals surface area (Å²) in [5, 5.41) is 10.7. The van der Waals surface area contributed by atoms with Crippen LogP contribution in [0.15, 0.2) is 70.2 Å². The number of nitrogens with one attached hydrogen (secondary N) is 2. The summed E-state index contributed by atoms with van der Waals surface area (Å²) in [7, 11) is 3.44. The molecule has 0 unspecified atom stereocenters. The maximum Gasteiger partial charge on any atom is 0.191 e. The number of nitrogens with zero attached hydrogens (tertiary/aromatic N) is 2. The van der Waals surface area contributed by atoms with Crippen LogP contribution in [0.2, 0.25) is 0 Å². The minimum absolute atomic E-state index is 0. The molecule has 1 heterocycles. The van der Waals surface area contributed by atoms with Gasteiger partial charge < -0.3 is 19.9 Å². The van der Waals surface area contributed by atoms with Gasteiger partial charge in [0.2, 0.25) is 0 Å². The third-order valence-corrected chi connectivity index (χ3v) is 4.16. The topological polar surface area (TPSA) is 71.7 Å². The van der Waals surface area contributed by atoms with Crippen LogP contribution in [0.1, 0.15) is 11.3 Å². The smallest absolute Gasteiger partial charge is 0.191 e. The second-order valence-electron chi connectivity index (χ2n) is 5.96. The number of aromatic nitrogens is 1. The molecule has 1 aromatic heterocycles. The number of para-hydroxylation sites is 1. The summed E-state index contributed by atoms with van der Waals surface area (Å²) in [6, 6.07) is 19.9. The largest absolute Gasteiger partial charge is 0.496 e. The highest BCUT2D eigenvalue weighted by Crippen LogP contribution is 2.19. The highest BCUT2D eigenvalue weighted by molar-refractivity contribution is 14.0. The number of halogens is 1. The monoisotopic (exact) mass is 492 g/mol. The minimum Gasteiger partial charge on any atom is -0.496 e. The molecule has 0 aliphatic rings. The standard InChI is InChI=1S/C21H24N4O2.HI/c1-22-21(23-13-12-17-10-6-7-11-19(17)26-2)24-15-18-14-20(27-25-18)16-8-4-3-5-9-16;/h3-11,14H,12-13,15H2,1-2H3,(H2,22,23,24);1H. The number of rotatable bonds is 7. The third-order valence-electron chi connectivity index (χ3n) is 4.16. The fourth-order valence-corrected chi connectivity index (χ4v) is 2.75. The number of benzene rings is 2. The number of aliphatic imine (C=N–C) groups is 1. The molecule has 7 heteroatoms. The Bertz CT molecular complexity index is 881. The molecule has 0 aliphatic heterocycles. The van der Waals surface area contributed by atoms with Crippen LogP contribution in [0.25, 0.3) is 11.3 Å². The molecule has 0 bridgehead atoms. The van der Waals surface area contributed by atoms with Gasteiger partial charge in [-0.15, -0.1) is 24.0 Å². The molecular formula is C21H25IN4O2. The van der Waals surface area contributed by atoms with E-state index in [4.69, 9.17) is 9.26 Å². The van der Waals surface area contributed by atoms with Crippen molar-refractivity contribution in [1.29, 1.82) is 0 Å². The Morgan fingerprint density at radius 3 is 2.57 bits per heavy atom. The zero-order valence-electron chi connectivity index (χ0n) is 16.0. The summed E-state index contributed by atoms with van der Waals surface area (Å²) in [6.07, 6.45) is 0.840. The number of hydrogen-bond donors (Lipinski definition) is 2. The molecule has 3 aromatic rings. The predicted octanol–water partition coefficient (Wildman–Crippen LogP) is 3.88. The van der Waals surface area contributed by atoms with Crippen molar-refractivity contribution in [1.82, 2.24) is 15.8 Å². The molecule has 6 nitrogen and oxygen atoms in total. The van der Waals surface area contributed by atoms with Crippen molar-refractivity contribution in [3.8, 4) is 17.1 Å². The van der Waals surface area contributed by atoms with Gasteiger partial charge in [0.1, 0.15) is 11.4 Å². The summed E-state index contributed by atoms with van der Waals surface area (Å²) in [5.74, 6) is 2.37. The first-order chi connectivity index (χ1) is 13.3. The SMILES string of the molecule is CN=C(NCCc1ccccc1OC)NCc1cc(-c2ccccc2)on1.I. The van der Waals surface area contributed by atoms with Crippen LogP contribution in [0.3, 0.4) is 0 Å². The first-order valence-corrected chi connectivity index (χ1v) is 8.87. The van der Waals surface area contributed by atoms with Gasteiger partial charge in [0.05, 0.1) is 13.7 Å². The number of methoxy groups -OCH3 is 1. The lowest BCUT2D eigenvalue weighted by Gasteiger charge is -2.12. The van der Waals surface area contributed by atoms with Crippen molar-refractivity contribution < 1.29 is 9.26 Å². The zero-order valence-corrected chi connectivity index (χ0v) is 18.3. The lowest BCUT2D eigenvalue weighted by molar-refractivity contribution is 0.409. The fourth-order valence-electron chi connectivity index (χ4n) is 2.75. The Labute approximate surface area is 182 Å². The molecule has 2 N–H and O–H groups in total. The molecule has 28 heavy (non-hydrogen) atoms. The van der Waals surface area contributed by atoms with E-state index in [9.17, 15) is 0 Å². The van der Waals surface area contributed by atoms with E-state index in [0.717, 1.165) is 41.3 Å². The third kappa shape index (κ3) is 5.98. The van der Waals surface area contributed by atoms with Gasteiger partial charge in [0.25, 0.3) is 0 Å². The van der Waals surface area contributed by atoms with Gasteiger partial charge in [-0.05, 0) is 18.1 Å². The lowest BCUT2D eigenvalue weighted by atomic mass is 10.1. The van der Waals surface area contributed by atoms with E-state index in [1.165, 1.54) is 0 Å². The molecule has 0 atom stereocenters. The molecule has 0 radical (unpaired) electrons. The maximum absolute atomic E-state index is 5.42. The quantitative estimate of drug-likeness (QED) is 0.298. The molecule has 3 rings (SSSR count). The van der Waals surface area contributed by atoms with Crippen molar-refractivity contribution in [3.05, 3.63) is 71.9 Å². The van der Waals surface area contributed by atoms with Crippen LogP contribution in [-0.4, -0.2) is 31.8 Å². The zero-order chi connectivity index (χ0) is 18.9. The van der Waals surface area contributed by atoms with Crippen molar-refractivity contribution in [2.24, 2.45) is 4.99 Å². The summed E-state index contributed by atoms with van der Waals surface area (Å²) in [5.41, 5.74) is 2.99. The first kappa shape index (κ1) is 21.7. The lowest BCUT2D eigenvalue weighted by Crippen LogP contribution is -2.37. The van der Waals surface area contributed by atoms with Crippen LogP contribution in [0, 0.1) is 0 Å².